The Morgan fingerprint density at radius 1 is 1.26 bits per heavy atom. The summed E-state index contributed by atoms with van der Waals surface area (Å²) in [6.45, 7) is 2.21. The maximum atomic E-state index is 12.2. The van der Waals surface area contributed by atoms with Crippen LogP contribution in [0.4, 0.5) is 5.69 Å². The highest BCUT2D eigenvalue weighted by Gasteiger charge is 2.36. The zero-order chi connectivity index (χ0) is 16.0. The standard InChI is InChI=1S/C18H17N3O2/c1-11-9-14(11)16-8-7-12(23-16)10-19-20-17-13-5-3-4-6-15(13)21(2)18(17)22/h3-8,10-11,14H,9H2,1-2H3/b19-10-,20-17+/t11-,14+/m0/s1. The lowest BCUT2D eigenvalue weighted by atomic mass is 10.1. The van der Waals surface area contributed by atoms with Crippen LogP contribution in [0.25, 0.3) is 0 Å². The molecule has 0 spiro atoms. The van der Waals surface area contributed by atoms with Gasteiger partial charge in [-0.2, -0.15) is 5.10 Å². The Hall–Kier alpha value is -2.69. The van der Waals surface area contributed by atoms with Crippen molar-refractivity contribution in [3.05, 3.63) is 53.5 Å². The highest BCUT2D eigenvalue weighted by atomic mass is 16.3. The number of carbonyl (C=O) groups excluding carboxylic acids is 1. The van der Waals surface area contributed by atoms with Crippen molar-refractivity contribution in [2.24, 2.45) is 16.1 Å². The van der Waals surface area contributed by atoms with Crippen LogP contribution < -0.4 is 4.90 Å². The topological polar surface area (TPSA) is 58.2 Å². The van der Waals surface area contributed by atoms with E-state index in [4.69, 9.17) is 4.42 Å². The molecular weight excluding hydrogens is 290 g/mol. The van der Waals surface area contributed by atoms with Crippen molar-refractivity contribution >= 4 is 23.5 Å². The minimum absolute atomic E-state index is 0.143. The van der Waals surface area contributed by atoms with Gasteiger partial charge in [-0.15, -0.1) is 5.10 Å². The van der Waals surface area contributed by atoms with E-state index < -0.39 is 0 Å². The third kappa shape index (κ3) is 2.38. The fraction of sp³-hybridized carbons (Fsp3) is 0.278. The maximum absolute atomic E-state index is 12.2. The highest BCUT2D eigenvalue weighted by molar-refractivity contribution is 6.54. The monoisotopic (exact) mass is 307 g/mol. The second-order valence-corrected chi connectivity index (χ2v) is 6.13. The highest BCUT2D eigenvalue weighted by Crippen LogP contribution is 2.47. The van der Waals surface area contributed by atoms with Crippen molar-refractivity contribution in [1.29, 1.82) is 0 Å². The summed E-state index contributed by atoms with van der Waals surface area (Å²) in [4.78, 5) is 13.8. The molecule has 0 N–H and O–H groups in total. The predicted octanol–water partition coefficient (Wildman–Crippen LogP) is 3.20. The third-order valence-corrected chi connectivity index (χ3v) is 4.49. The van der Waals surface area contributed by atoms with Crippen LogP contribution in [0.15, 0.2) is 51.0 Å². The summed E-state index contributed by atoms with van der Waals surface area (Å²) in [7, 11) is 1.74. The van der Waals surface area contributed by atoms with E-state index in [1.165, 1.54) is 6.42 Å². The summed E-state index contributed by atoms with van der Waals surface area (Å²) in [6, 6.07) is 11.4. The number of anilines is 1. The molecule has 2 heterocycles. The largest absolute Gasteiger partial charge is 0.460 e. The molecule has 5 nitrogen and oxygen atoms in total. The number of nitrogens with zero attached hydrogens (tertiary/aromatic N) is 3. The summed E-state index contributed by atoms with van der Waals surface area (Å²) in [6.07, 6.45) is 2.74. The van der Waals surface area contributed by atoms with Gasteiger partial charge in [0.05, 0.1) is 11.9 Å². The van der Waals surface area contributed by atoms with Crippen LogP contribution in [0.1, 0.15) is 36.3 Å². The Kier molecular flexibility index (Phi) is 3.15. The molecule has 4 rings (SSSR count). The van der Waals surface area contributed by atoms with E-state index in [-0.39, 0.29) is 5.91 Å². The van der Waals surface area contributed by atoms with Gasteiger partial charge in [0.15, 0.2) is 5.71 Å². The quantitative estimate of drug-likeness (QED) is 0.646. The number of fused-ring (bicyclic) bond motifs is 1. The first-order valence-electron chi connectivity index (χ1n) is 7.73. The van der Waals surface area contributed by atoms with Crippen LogP contribution in [0, 0.1) is 5.92 Å². The van der Waals surface area contributed by atoms with Gasteiger partial charge < -0.3 is 9.32 Å². The fourth-order valence-electron chi connectivity index (χ4n) is 2.95. The van der Waals surface area contributed by atoms with Gasteiger partial charge in [0.1, 0.15) is 11.5 Å². The van der Waals surface area contributed by atoms with E-state index in [1.54, 1.807) is 18.2 Å². The number of hydrogen-bond acceptors (Lipinski definition) is 4. The lowest BCUT2D eigenvalue weighted by Crippen LogP contribution is -2.25. The van der Waals surface area contributed by atoms with Gasteiger partial charge in [-0.05, 0) is 30.5 Å². The van der Waals surface area contributed by atoms with Crippen LogP contribution in [0.5, 0.6) is 0 Å². The molecule has 0 radical (unpaired) electrons. The van der Waals surface area contributed by atoms with Crippen molar-refractivity contribution in [3.63, 3.8) is 0 Å². The van der Waals surface area contributed by atoms with E-state index in [1.807, 2.05) is 36.4 Å². The molecule has 2 aliphatic rings. The van der Waals surface area contributed by atoms with E-state index in [9.17, 15) is 4.79 Å². The Morgan fingerprint density at radius 3 is 2.83 bits per heavy atom. The summed E-state index contributed by atoms with van der Waals surface area (Å²) in [5.74, 6) is 2.77. The summed E-state index contributed by atoms with van der Waals surface area (Å²) in [5, 5.41) is 8.15. The van der Waals surface area contributed by atoms with Gasteiger partial charge >= 0.3 is 0 Å². The zero-order valence-corrected chi connectivity index (χ0v) is 13.1. The molecule has 1 amide bonds. The van der Waals surface area contributed by atoms with Gasteiger partial charge in [-0.1, -0.05) is 25.1 Å². The minimum atomic E-state index is -0.143. The second kappa shape index (κ2) is 5.19. The molecule has 116 valence electrons. The van der Waals surface area contributed by atoms with Gasteiger partial charge in [0.2, 0.25) is 0 Å². The molecule has 1 aromatic heterocycles. The van der Waals surface area contributed by atoms with Crippen molar-refractivity contribution in [3.8, 4) is 0 Å². The number of hydrogen-bond donors (Lipinski definition) is 0. The lowest BCUT2D eigenvalue weighted by molar-refractivity contribution is -0.111. The molecule has 0 saturated heterocycles. The minimum Gasteiger partial charge on any atom is -0.460 e. The molecule has 2 aromatic rings. The molecule has 0 bridgehead atoms. The van der Waals surface area contributed by atoms with E-state index in [0.29, 0.717) is 23.3 Å². The van der Waals surface area contributed by atoms with Crippen LogP contribution >= 0.6 is 0 Å². The molecule has 1 aliphatic carbocycles. The first kappa shape index (κ1) is 13.9. The zero-order valence-electron chi connectivity index (χ0n) is 13.1. The molecule has 2 atom stereocenters. The van der Waals surface area contributed by atoms with E-state index in [2.05, 4.69) is 17.1 Å². The van der Waals surface area contributed by atoms with Crippen LogP contribution in [0.3, 0.4) is 0 Å². The van der Waals surface area contributed by atoms with Gasteiger partial charge in [-0.25, -0.2) is 0 Å². The number of furan rings is 1. The molecule has 5 heteroatoms. The van der Waals surface area contributed by atoms with Crippen LogP contribution in [-0.4, -0.2) is 24.9 Å². The third-order valence-electron chi connectivity index (χ3n) is 4.49. The SMILES string of the molecule is C[C@H]1C[C@H]1c1ccc(/C=N\N=C2\C(=O)N(C)c3ccccc32)o1. The normalized spacial score (nSPS) is 24.7. The van der Waals surface area contributed by atoms with Crippen molar-refractivity contribution < 1.29 is 9.21 Å². The molecule has 1 aromatic carbocycles. The van der Waals surface area contributed by atoms with Crippen LogP contribution in [-0.2, 0) is 4.79 Å². The van der Waals surface area contributed by atoms with E-state index in [0.717, 1.165) is 17.0 Å². The predicted molar refractivity (Wildman–Crippen MR) is 89.2 cm³/mol. The number of likely N-dealkylation sites (N-methyl/N-ethyl adjacent to an activating group) is 1. The second-order valence-electron chi connectivity index (χ2n) is 6.13. The van der Waals surface area contributed by atoms with Gasteiger partial charge in [0, 0.05) is 18.5 Å². The maximum Gasteiger partial charge on any atom is 0.279 e. The van der Waals surface area contributed by atoms with Crippen molar-refractivity contribution in [2.45, 2.75) is 19.3 Å². The molecule has 1 aliphatic heterocycles. The Balaban J connectivity index is 1.56. The molecule has 1 fully saturated rings. The average Bonchev–Trinajstić information content (AvgIpc) is 3.02. The smallest absolute Gasteiger partial charge is 0.279 e. The summed E-state index contributed by atoms with van der Waals surface area (Å²) < 4.78 is 5.75. The first-order valence-corrected chi connectivity index (χ1v) is 7.73. The molecule has 0 unspecified atom stereocenters. The fourth-order valence-corrected chi connectivity index (χ4v) is 2.95. The van der Waals surface area contributed by atoms with Crippen molar-refractivity contribution in [2.75, 3.05) is 11.9 Å². The Bertz CT molecular complexity index is 834. The Morgan fingerprint density at radius 2 is 2.04 bits per heavy atom. The first-order chi connectivity index (χ1) is 11.1. The lowest BCUT2D eigenvalue weighted by Gasteiger charge is -2.07. The number of para-hydroxylation sites is 1. The number of amides is 1. The molecular formula is C18H17N3O2. The number of carbonyl (C=O) groups is 1. The van der Waals surface area contributed by atoms with Crippen LogP contribution in [0.2, 0.25) is 0 Å². The van der Waals surface area contributed by atoms with Gasteiger partial charge in [0.25, 0.3) is 5.91 Å². The summed E-state index contributed by atoms with van der Waals surface area (Å²) in [5.41, 5.74) is 2.03. The summed E-state index contributed by atoms with van der Waals surface area (Å²) >= 11 is 0. The van der Waals surface area contributed by atoms with Crippen molar-refractivity contribution in [1.82, 2.24) is 0 Å². The number of rotatable bonds is 3. The average molecular weight is 307 g/mol. The van der Waals surface area contributed by atoms with Gasteiger partial charge in [-0.3, -0.25) is 4.79 Å². The van der Waals surface area contributed by atoms with E-state index >= 15 is 0 Å². The Labute approximate surface area is 134 Å². The molecule has 1 saturated carbocycles. The molecule has 23 heavy (non-hydrogen) atoms. The number of benzene rings is 1.